The van der Waals surface area contributed by atoms with Gasteiger partial charge in [0, 0.05) is 41.5 Å². The van der Waals surface area contributed by atoms with Gasteiger partial charge in [-0.15, -0.1) is 0 Å². The standard InChI is InChI=1S/C20H24N8/c1-4-14-10-24-19-23-9-13(12-27(14)19)16-5-6-28-17(16)11-22-18(25-28)20(21)7-15(8-20)26(2)3/h5-6,9-12,15H,4,7-8,21H2,1-3H3. The summed E-state index contributed by atoms with van der Waals surface area (Å²) in [5.41, 5.74) is 10.2. The Hall–Kier alpha value is -2.84. The first-order valence-electron chi connectivity index (χ1n) is 9.61. The fourth-order valence-corrected chi connectivity index (χ4v) is 4.02. The summed E-state index contributed by atoms with van der Waals surface area (Å²) in [6.45, 7) is 2.11. The molecule has 0 aliphatic heterocycles. The van der Waals surface area contributed by atoms with Gasteiger partial charge < -0.3 is 10.6 Å². The minimum Gasteiger partial charge on any atom is -0.319 e. The number of fused-ring (bicyclic) bond motifs is 2. The molecule has 1 aliphatic rings. The van der Waals surface area contributed by atoms with Gasteiger partial charge in [0.25, 0.3) is 0 Å². The summed E-state index contributed by atoms with van der Waals surface area (Å²) in [7, 11) is 4.17. The van der Waals surface area contributed by atoms with Crippen molar-refractivity contribution in [2.75, 3.05) is 14.1 Å². The summed E-state index contributed by atoms with van der Waals surface area (Å²) in [6.07, 6.45) is 12.3. The van der Waals surface area contributed by atoms with Crippen LogP contribution >= 0.6 is 0 Å². The van der Waals surface area contributed by atoms with E-state index in [1.807, 2.05) is 39.8 Å². The van der Waals surface area contributed by atoms with Crippen LogP contribution in [0.5, 0.6) is 0 Å². The maximum atomic E-state index is 6.56. The fraction of sp³-hybridized carbons (Fsp3) is 0.400. The van der Waals surface area contributed by atoms with Crippen molar-refractivity contribution in [1.82, 2.24) is 33.9 Å². The summed E-state index contributed by atoms with van der Waals surface area (Å²) < 4.78 is 3.91. The average molecular weight is 376 g/mol. The van der Waals surface area contributed by atoms with Crippen LogP contribution < -0.4 is 5.73 Å². The molecule has 0 amide bonds. The van der Waals surface area contributed by atoms with E-state index in [1.165, 1.54) is 0 Å². The topological polar surface area (TPSA) is 89.6 Å². The zero-order chi connectivity index (χ0) is 19.5. The van der Waals surface area contributed by atoms with Crippen LogP contribution in [0, 0.1) is 0 Å². The van der Waals surface area contributed by atoms with Gasteiger partial charge in [-0.25, -0.2) is 19.5 Å². The molecule has 0 bridgehead atoms. The van der Waals surface area contributed by atoms with Gasteiger partial charge in [-0.2, -0.15) is 5.10 Å². The Kier molecular flexibility index (Phi) is 3.75. The minimum atomic E-state index is -0.444. The van der Waals surface area contributed by atoms with Gasteiger partial charge in [0.1, 0.15) is 0 Å². The summed E-state index contributed by atoms with van der Waals surface area (Å²) in [6, 6.07) is 2.54. The van der Waals surface area contributed by atoms with E-state index >= 15 is 0 Å². The van der Waals surface area contributed by atoms with E-state index in [0.717, 1.165) is 41.6 Å². The number of rotatable bonds is 4. The SMILES string of the molecule is CCc1cnc2ncc(-c3ccn4nc(C5(N)CC(N(C)C)C5)ncc34)cn12. The highest BCUT2D eigenvalue weighted by Gasteiger charge is 2.45. The van der Waals surface area contributed by atoms with Gasteiger partial charge >= 0.3 is 0 Å². The van der Waals surface area contributed by atoms with Gasteiger partial charge in [0.2, 0.25) is 5.78 Å². The fourth-order valence-electron chi connectivity index (χ4n) is 4.02. The average Bonchev–Trinajstić information content (AvgIpc) is 3.27. The minimum absolute atomic E-state index is 0.444. The first-order chi connectivity index (χ1) is 13.5. The van der Waals surface area contributed by atoms with Crippen molar-refractivity contribution < 1.29 is 0 Å². The molecule has 0 spiro atoms. The van der Waals surface area contributed by atoms with E-state index in [2.05, 4.69) is 47.1 Å². The number of aryl methyl sites for hydroxylation is 1. The molecule has 0 radical (unpaired) electrons. The van der Waals surface area contributed by atoms with Crippen LogP contribution in [-0.4, -0.2) is 54.0 Å². The second-order valence-electron chi connectivity index (χ2n) is 7.94. The third kappa shape index (κ3) is 2.52. The third-order valence-electron chi connectivity index (χ3n) is 5.91. The maximum Gasteiger partial charge on any atom is 0.233 e. The molecule has 8 heteroatoms. The number of hydrogen-bond acceptors (Lipinski definition) is 6. The summed E-state index contributed by atoms with van der Waals surface area (Å²) >= 11 is 0. The van der Waals surface area contributed by atoms with E-state index in [9.17, 15) is 0 Å². The molecule has 0 unspecified atom stereocenters. The molecular formula is C20H24N8. The highest BCUT2D eigenvalue weighted by Crippen LogP contribution is 2.39. The summed E-state index contributed by atoms with van der Waals surface area (Å²) in [5, 5.41) is 4.72. The Morgan fingerprint density at radius 2 is 1.96 bits per heavy atom. The molecular weight excluding hydrogens is 352 g/mol. The summed E-state index contributed by atoms with van der Waals surface area (Å²) in [5.74, 6) is 1.42. The number of aromatic nitrogens is 6. The largest absolute Gasteiger partial charge is 0.319 e. The van der Waals surface area contributed by atoms with E-state index in [-0.39, 0.29) is 0 Å². The molecule has 4 aromatic rings. The van der Waals surface area contributed by atoms with Crippen molar-refractivity contribution >= 4 is 11.3 Å². The Morgan fingerprint density at radius 1 is 1.18 bits per heavy atom. The normalized spacial score (nSPS) is 22.2. The van der Waals surface area contributed by atoms with Crippen molar-refractivity contribution in [2.45, 2.75) is 37.8 Å². The van der Waals surface area contributed by atoms with Crippen LogP contribution in [0.1, 0.15) is 31.3 Å². The molecule has 8 nitrogen and oxygen atoms in total. The number of nitrogens with two attached hydrogens (primary N) is 1. The summed E-state index contributed by atoms with van der Waals surface area (Å²) in [4.78, 5) is 15.7. The second kappa shape index (κ2) is 6.08. The van der Waals surface area contributed by atoms with Crippen LogP contribution in [-0.2, 0) is 12.0 Å². The van der Waals surface area contributed by atoms with Gasteiger partial charge in [-0.1, -0.05) is 6.92 Å². The molecule has 4 heterocycles. The van der Waals surface area contributed by atoms with Gasteiger partial charge in [0.15, 0.2) is 5.82 Å². The van der Waals surface area contributed by atoms with Crippen molar-refractivity contribution in [2.24, 2.45) is 5.73 Å². The Labute approximate surface area is 163 Å². The molecule has 2 N–H and O–H groups in total. The van der Waals surface area contributed by atoms with E-state index in [4.69, 9.17) is 10.8 Å². The van der Waals surface area contributed by atoms with E-state index in [1.54, 1.807) is 0 Å². The molecule has 0 aromatic carbocycles. The molecule has 0 saturated heterocycles. The zero-order valence-electron chi connectivity index (χ0n) is 16.4. The molecule has 4 aromatic heterocycles. The molecule has 0 atom stereocenters. The van der Waals surface area contributed by atoms with Gasteiger partial charge in [-0.3, -0.25) is 4.40 Å². The van der Waals surface area contributed by atoms with Crippen LogP contribution in [0.3, 0.4) is 0 Å². The van der Waals surface area contributed by atoms with Crippen molar-refractivity contribution in [3.8, 4) is 11.1 Å². The van der Waals surface area contributed by atoms with Crippen LogP contribution in [0.15, 0.2) is 37.1 Å². The van der Waals surface area contributed by atoms with Crippen LogP contribution in [0.25, 0.3) is 22.4 Å². The monoisotopic (exact) mass is 376 g/mol. The number of hydrogen-bond donors (Lipinski definition) is 1. The molecule has 28 heavy (non-hydrogen) atoms. The second-order valence-corrected chi connectivity index (χ2v) is 7.94. The van der Waals surface area contributed by atoms with Crippen molar-refractivity contribution in [3.63, 3.8) is 0 Å². The van der Waals surface area contributed by atoms with E-state index < -0.39 is 5.54 Å². The lowest BCUT2D eigenvalue weighted by Gasteiger charge is -2.46. The Morgan fingerprint density at radius 3 is 2.71 bits per heavy atom. The van der Waals surface area contributed by atoms with Crippen LogP contribution in [0.2, 0.25) is 0 Å². The Balaban J connectivity index is 1.52. The predicted octanol–water partition coefficient (Wildman–Crippen LogP) is 1.88. The first-order valence-corrected chi connectivity index (χ1v) is 9.61. The zero-order valence-corrected chi connectivity index (χ0v) is 16.4. The molecule has 5 rings (SSSR count). The molecule has 1 saturated carbocycles. The first kappa shape index (κ1) is 17.3. The predicted molar refractivity (Wildman–Crippen MR) is 107 cm³/mol. The lowest BCUT2D eigenvalue weighted by Crippen LogP contribution is -2.57. The smallest absolute Gasteiger partial charge is 0.233 e. The molecule has 1 aliphatic carbocycles. The number of nitrogens with zero attached hydrogens (tertiary/aromatic N) is 7. The van der Waals surface area contributed by atoms with Crippen LogP contribution in [0.4, 0.5) is 0 Å². The van der Waals surface area contributed by atoms with Crippen molar-refractivity contribution in [3.05, 3.63) is 48.6 Å². The quantitative estimate of drug-likeness (QED) is 0.585. The van der Waals surface area contributed by atoms with Gasteiger partial charge in [0.05, 0.1) is 23.4 Å². The maximum absolute atomic E-state index is 6.56. The molecule has 144 valence electrons. The highest BCUT2D eigenvalue weighted by molar-refractivity contribution is 5.79. The van der Waals surface area contributed by atoms with Gasteiger partial charge in [-0.05, 0) is 39.4 Å². The van der Waals surface area contributed by atoms with Crippen molar-refractivity contribution in [1.29, 1.82) is 0 Å². The van der Waals surface area contributed by atoms with E-state index in [0.29, 0.717) is 17.6 Å². The lowest BCUT2D eigenvalue weighted by molar-refractivity contribution is 0.0865. The highest BCUT2D eigenvalue weighted by atomic mass is 15.3. The Bertz CT molecular complexity index is 1170. The lowest BCUT2D eigenvalue weighted by atomic mass is 9.72. The third-order valence-corrected chi connectivity index (χ3v) is 5.91. The number of imidazole rings is 1. The molecule has 1 fully saturated rings.